The molecule has 2 atom stereocenters. The van der Waals surface area contributed by atoms with Gasteiger partial charge in [0.05, 0.1) is 17.6 Å². The van der Waals surface area contributed by atoms with Gasteiger partial charge in [0, 0.05) is 29.9 Å². The predicted molar refractivity (Wildman–Crippen MR) is 78.9 cm³/mol. The lowest BCUT2D eigenvalue weighted by Gasteiger charge is -2.28. The molecule has 2 rings (SSSR count). The van der Waals surface area contributed by atoms with Gasteiger partial charge in [-0.1, -0.05) is 6.92 Å². The molecule has 1 aromatic rings. The molecule has 0 aliphatic carbocycles. The Balaban J connectivity index is 2.24. The highest BCUT2D eigenvalue weighted by Gasteiger charge is 2.29. The van der Waals surface area contributed by atoms with Crippen molar-refractivity contribution in [2.45, 2.75) is 30.5 Å². The van der Waals surface area contributed by atoms with Gasteiger partial charge in [0.2, 0.25) is 0 Å². The Morgan fingerprint density at radius 1 is 1.39 bits per heavy atom. The predicted octanol–water partition coefficient (Wildman–Crippen LogP) is 2.50. The Bertz CT molecular complexity index is 403. The van der Waals surface area contributed by atoms with Crippen LogP contribution in [-0.2, 0) is 11.3 Å². The van der Waals surface area contributed by atoms with Crippen LogP contribution in [0.4, 0.5) is 5.82 Å². The third kappa shape index (κ3) is 3.30. The lowest BCUT2D eigenvalue weighted by atomic mass is 10.2. The summed E-state index contributed by atoms with van der Waals surface area (Å²) < 4.78 is 5.12. The quantitative estimate of drug-likeness (QED) is 0.917. The van der Waals surface area contributed by atoms with Crippen LogP contribution in [0.2, 0.25) is 0 Å². The molecule has 18 heavy (non-hydrogen) atoms. The summed E-state index contributed by atoms with van der Waals surface area (Å²) in [6.07, 6.45) is 1.14. The average Bonchev–Trinajstić information content (AvgIpc) is 2.38. The fraction of sp³-hybridized carbons (Fsp3) is 0.667. The topological polar surface area (TPSA) is 61.0 Å². The van der Waals surface area contributed by atoms with Crippen LogP contribution in [0.1, 0.15) is 30.1 Å². The molecule has 2 heterocycles. The van der Waals surface area contributed by atoms with Gasteiger partial charge in [-0.25, -0.2) is 9.97 Å². The first-order valence-corrected chi connectivity index (χ1v) is 8.19. The second-order valence-corrected chi connectivity index (χ2v) is 6.78. The first-order valence-electron chi connectivity index (χ1n) is 6.10. The summed E-state index contributed by atoms with van der Waals surface area (Å²) in [4.78, 5) is 9.01. The lowest BCUT2D eigenvalue weighted by Crippen LogP contribution is -2.21. The van der Waals surface area contributed by atoms with Gasteiger partial charge in [-0.3, -0.25) is 0 Å². The van der Waals surface area contributed by atoms with Crippen LogP contribution in [0, 0.1) is 0 Å². The standard InChI is InChI=1S/C12H19N3OS2/c1-3-9-11(18-5-4-17-9)12-14-8(7-16-2)6-10(13)15-12/h6,9,11H,3-5,7H2,1-2H3,(H2,13,14,15). The van der Waals surface area contributed by atoms with Crippen LogP contribution in [0.5, 0.6) is 0 Å². The maximum Gasteiger partial charge on any atom is 0.145 e. The van der Waals surface area contributed by atoms with Crippen molar-refractivity contribution >= 4 is 29.3 Å². The van der Waals surface area contributed by atoms with Gasteiger partial charge in [-0.05, 0) is 6.42 Å². The molecule has 0 aromatic carbocycles. The van der Waals surface area contributed by atoms with E-state index in [2.05, 4.69) is 16.9 Å². The number of nitrogen functional groups attached to an aromatic ring is 1. The molecule has 0 bridgehead atoms. The van der Waals surface area contributed by atoms with E-state index in [1.807, 2.05) is 23.5 Å². The van der Waals surface area contributed by atoms with E-state index < -0.39 is 0 Å². The number of hydrogen-bond donors (Lipinski definition) is 1. The first-order chi connectivity index (χ1) is 8.74. The molecule has 0 saturated carbocycles. The molecule has 100 valence electrons. The van der Waals surface area contributed by atoms with Crippen molar-refractivity contribution in [3.63, 3.8) is 0 Å². The Hall–Kier alpha value is -0.460. The van der Waals surface area contributed by atoms with E-state index in [0.717, 1.165) is 23.7 Å². The van der Waals surface area contributed by atoms with Crippen LogP contribution in [0.3, 0.4) is 0 Å². The number of methoxy groups -OCH3 is 1. The number of nitrogens with two attached hydrogens (primary N) is 1. The second-order valence-electron chi connectivity index (χ2n) is 4.18. The third-order valence-corrected chi connectivity index (χ3v) is 6.06. The largest absolute Gasteiger partial charge is 0.384 e. The van der Waals surface area contributed by atoms with Gasteiger partial charge < -0.3 is 10.5 Å². The number of rotatable bonds is 4. The molecule has 1 fully saturated rings. The fourth-order valence-electron chi connectivity index (χ4n) is 2.03. The van der Waals surface area contributed by atoms with Crippen molar-refractivity contribution in [1.82, 2.24) is 9.97 Å². The molecule has 0 radical (unpaired) electrons. The highest BCUT2D eigenvalue weighted by molar-refractivity contribution is 8.06. The molecule has 6 heteroatoms. The molecule has 0 spiro atoms. The summed E-state index contributed by atoms with van der Waals surface area (Å²) in [6.45, 7) is 2.71. The second kappa shape index (κ2) is 6.63. The first kappa shape index (κ1) is 14.0. The molecule has 4 nitrogen and oxygen atoms in total. The zero-order valence-corrected chi connectivity index (χ0v) is 12.4. The third-order valence-electron chi connectivity index (χ3n) is 2.82. The molecular weight excluding hydrogens is 266 g/mol. The average molecular weight is 285 g/mol. The number of nitrogens with zero attached hydrogens (tertiary/aromatic N) is 2. The van der Waals surface area contributed by atoms with E-state index in [0.29, 0.717) is 22.9 Å². The molecular formula is C12H19N3OS2. The van der Waals surface area contributed by atoms with Gasteiger partial charge in [-0.2, -0.15) is 11.8 Å². The van der Waals surface area contributed by atoms with Gasteiger partial charge in [0.15, 0.2) is 0 Å². The maximum atomic E-state index is 5.86. The fourth-order valence-corrected chi connectivity index (χ4v) is 5.02. The van der Waals surface area contributed by atoms with Crippen LogP contribution in [-0.4, -0.2) is 33.8 Å². The molecule has 1 aliphatic rings. The summed E-state index contributed by atoms with van der Waals surface area (Å²) >= 11 is 3.96. The van der Waals surface area contributed by atoms with Crippen LogP contribution in [0.15, 0.2) is 6.07 Å². The van der Waals surface area contributed by atoms with Crippen LogP contribution >= 0.6 is 23.5 Å². The number of hydrogen-bond acceptors (Lipinski definition) is 6. The van der Waals surface area contributed by atoms with Crippen molar-refractivity contribution in [3.8, 4) is 0 Å². The number of aromatic nitrogens is 2. The lowest BCUT2D eigenvalue weighted by molar-refractivity contribution is 0.181. The van der Waals surface area contributed by atoms with E-state index in [1.165, 1.54) is 5.75 Å². The van der Waals surface area contributed by atoms with Gasteiger partial charge in [0.1, 0.15) is 11.6 Å². The van der Waals surface area contributed by atoms with Gasteiger partial charge in [0.25, 0.3) is 0 Å². The minimum Gasteiger partial charge on any atom is -0.384 e. The molecule has 1 saturated heterocycles. The molecule has 2 N–H and O–H groups in total. The van der Waals surface area contributed by atoms with E-state index in [4.69, 9.17) is 10.5 Å². The van der Waals surface area contributed by atoms with Crippen LogP contribution < -0.4 is 5.73 Å². The monoisotopic (exact) mass is 285 g/mol. The van der Waals surface area contributed by atoms with Gasteiger partial charge in [-0.15, -0.1) is 11.8 Å². The maximum absolute atomic E-state index is 5.86. The van der Waals surface area contributed by atoms with Crippen molar-refractivity contribution in [2.75, 3.05) is 24.3 Å². The van der Waals surface area contributed by atoms with Crippen molar-refractivity contribution < 1.29 is 4.74 Å². The minimum atomic E-state index is 0.354. The van der Waals surface area contributed by atoms with Crippen molar-refractivity contribution in [1.29, 1.82) is 0 Å². The van der Waals surface area contributed by atoms with E-state index in [-0.39, 0.29) is 0 Å². The van der Waals surface area contributed by atoms with Crippen molar-refractivity contribution in [3.05, 3.63) is 17.6 Å². The Kier molecular flexibility index (Phi) is 5.14. The van der Waals surface area contributed by atoms with E-state index in [9.17, 15) is 0 Å². The Morgan fingerprint density at radius 3 is 2.89 bits per heavy atom. The minimum absolute atomic E-state index is 0.354. The van der Waals surface area contributed by atoms with Crippen LogP contribution in [0.25, 0.3) is 0 Å². The summed E-state index contributed by atoms with van der Waals surface area (Å²) in [6, 6.07) is 1.79. The Labute approximate surface area is 116 Å². The zero-order valence-electron chi connectivity index (χ0n) is 10.8. The molecule has 2 unspecified atom stereocenters. The SMILES string of the molecule is CCC1SCCSC1c1nc(N)cc(COC)n1. The van der Waals surface area contributed by atoms with Crippen molar-refractivity contribution in [2.24, 2.45) is 0 Å². The summed E-state index contributed by atoms with van der Waals surface area (Å²) in [5.41, 5.74) is 6.73. The summed E-state index contributed by atoms with van der Waals surface area (Å²) in [5, 5.41) is 0.939. The number of ether oxygens (including phenoxy) is 1. The Morgan fingerprint density at radius 2 is 2.17 bits per heavy atom. The molecule has 0 amide bonds. The summed E-state index contributed by atoms with van der Waals surface area (Å²) in [5.74, 6) is 3.78. The highest BCUT2D eigenvalue weighted by Crippen LogP contribution is 2.42. The van der Waals surface area contributed by atoms with E-state index >= 15 is 0 Å². The highest BCUT2D eigenvalue weighted by atomic mass is 32.2. The zero-order chi connectivity index (χ0) is 13.0. The summed E-state index contributed by atoms with van der Waals surface area (Å²) in [7, 11) is 1.66. The normalized spacial score (nSPS) is 24.1. The number of anilines is 1. The number of thioether (sulfide) groups is 2. The van der Waals surface area contributed by atoms with Gasteiger partial charge >= 0.3 is 0 Å². The smallest absolute Gasteiger partial charge is 0.145 e. The molecule has 1 aliphatic heterocycles. The van der Waals surface area contributed by atoms with E-state index in [1.54, 1.807) is 13.2 Å². The molecule has 1 aromatic heterocycles.